The highest BCUT2D eigenvalue weighted by Crippen LogP contribution is 2.39. The predicted octanol–water partition coefficient (Wildman–Crippen LogP) is 4.03. The maximum atomic E-state index is 13.3. The summed E-state index contributed by atoms with van der Waals surface area (Å²) in [6.07, 6.45) is 4.58. The van der Waals surface area contributed by atoms with Gasteiger partial charge in [-0.3, -0.25) is 0 Å². The molecule has 3 nitrogen and oxygen atoms in total. The molecule has 0 aromatic heterocycles. The zero-order valence-corrected chi connectivity index (χ0v) is 13.6. The molecule has 0 amide bonds. The van der Waals surface area contributed by atoms with Gasteiger partial charge < -0.3 is 4.74 Å². The third kappa shape index (κ3) is 4.85. The van der Waals surface area contributed by atoms with Gasteiger partial charge in [0.1, 0.15) is 11.6 Å². The van der Waals surface area contributed by atoms with E-state index in [-0.39, 0.29) is 18.2 Å². The highest BCUT2D eigenvalue weighted by Gasteiger charge is 2.37. The second-order valence-electron chi connectivity index (χ2n) is 5.94. The first-order valence-electron chi connectivity index (χ1n) is 7.11. The Morgan fingerprint density at radius 1 is 1.29 bits per heavy atom. The van der Waals surface area contributed by atoms with Crippen molar-refractivity contribution in [3.05, 3.63) is 29.6 Å². The van der Waals surface area contributed by atoms with Crippen LogP contribution in [0.4, 0.5) is 4.39 Å². The van der Waals surface area contributed by atoms with Crippen LogP contribution >= 0.6 is 10.7 Å². The Bertz CT molecular complexity index is 595. The zero-order valence-electron chi connectivity index (χ0n) is 12.1. The van der Waals surface area contributed by atoms with E-state index < -0.39 is 14.5 Å². The largest absolute Gasteiger partial charge is 0.493 e. The quantitative estimate of drug-likeness (QED) is 0.763. The molecular weight excluding hydrogens is 315 g/mol. The Morgan fingerprint density at radius 2 is 1.95 bits per heavy atom. The Morgan fingerprint density at radius 3 is 2.57 bits per heavy atom. The van der Waals surface area contributed by atoms with Gasteiger partial charge in [-0.15, -0.1) is 0 Å². The van der Waals surface area contributed by atoms with Crippen LogP contribution in [0, 0.1) is 18.2 Å². The molecule has 1 aromatic rings. The predicted molar refractivity (Wildman–Crippen MR) is 81.8 cm³/mol. The van der Waals surface area contributed by atoms with Gasteiger partial charge in [-0.05, 0) is 31.4 Å². The van der Waals surface area contributed by atoms with E-state index in [4.69, 9.17) is 15.4 Å². The summed E-state index contributed by atoms with van der Waals surface area (Å²) in [5.74, 6) is 0.0146. The fourth-order valence-electron chi connectivity index (χ4n) is 2.96. The number of rotatable bonds is 5. The highest BCUT2D eigenvalue weighted by atomic mass is 35.7. The van der Waals surface area contributed by atoms with E-state index in [2.05, 4.69) is 0 Å². The number of hydrogen-bond acceptors (Lipinski definition) is 3. The number of halogens is 2. The minimum atomic E-state index is -3.59. The van der Waals surface area contributed by atoms with Gasteiger partial charge in [-0.2, -0.15) is 0 Å². The molecule has 118 valence electrons. The van der Waals surface area contributed by atoms with Gasteiger partial charge in [0.15, 0.2) is 0 Å². The van der Waals surface area contributed by atoms with Crippen LogP contribution in [0.2, 0.25) is 0 Å². The minimum Gasteiger partial charge on any atom is -0.493 e. The number of aryl methyl sites for hydroxylation is 1. The average molecular weight is 335 g/mol. The summed E-state index contributed by atoms with van der Waals surface area (Å²) in [6.45, 7) is 2.09. The first kappa shape index (κ1) is 16.6. The molecule has 1 aliphatic carbocycles. The Kier molecular flexibility index (Phi) is 5.15. The molecule has 1 aliphatic rings. The third-order valence-electron chi connectivity index (χ3n) is 4.08. The van der Waals surface area contributed by atoms with Crippen molar-refractivity contribution in [2.45, 2.75) is 39.0 Å². The van der Waals surface area contributed by atoms with Crippen molar-refractivity contribution in [2.24, 2.45) is 5.41 Å². The summed E-state index contributed by atoms with van der Waals surface area (Å²) in [5, 5.41) is 0. The van der Waals surface area contributed by atoms with E-state index in [0.717, 1.165) is 37.7 Å². The molecule has 1 fully saturated rings. The summed E-state index contributed by atoms with van der Waals surface area (Å²) in [7, 11) is 1.86. The van der Waals surface area contributed by atoms with Crippen LogP contribution in [0.1, 0.15) is 37.7 Å². The van der Waals surface area contributed by atoms with Gasteiger partial charge in [0.25, 0.3) is 0 Å². The van der Waals surface area contributed by atoms with E-state index in [1.807, 2.05) is 6.92 Å². The van der Waals surface area contributed by atoms with Gasteiger partial charge in [0.05, 0.1) is 12.4 Å². The lowest BCUT2D eigenvalue weighted by atomic mass is 9.76. The molecule has 0 saturated heterocycles. The second kappa shape index (κ2) is 6.53. The molecule has 0 N–H and O–H groups in total. The van der Waals surface area contributed by atoms with Crippen LogP contribution in [-0.2, 0) is 9.05 Å². The molecule has 2 rings (SSSR count). The Balaban J connectivity index is 2.14. The summed E-state index contributed by atoms with van der Waals surface area (Å²) < 4.78 is 42.0. The lowest BCUT2D eigenvalue weighted by Gasteiger charge is -2.36. The van der Waals surface area contributed by atoms with Crippen LogP contribution < -0.4 is 4.74 Å². The van der Waals surface area contributed by atoms with E-state index in [1.165, 1.54) is 12.1 Å². The van der Waals surface area contributed by atoms with Gasteiger partial charge >= 0.3 is 0 Å². The fraction of sp³-hybridized carbons (Fsp3) is 0.600. The molecule has 6 heteroatoms. The average Bonchev–Trinajstić information content (AvgIpc) is 2.39. The smallest absolute Gasteiger partial charge is 0.233 e. The van der Waals surface area contributed by atoms with Crippen molar-refractivity contribution in [1.82, 2.24) is 0 Å². The summed E-state index contributed by atoms with van der Waals surface area (Å²) in [4.78, 5) is 0. The van der Waals surface area contributed by atoms with E-state index >= 15 is 0 Å². The van der Waals surface area contributed by atoms with E-state index in [0.29, 0.717) is 5.75 Å². The fourth-order valence-corrected chi connectivity index (χ4v) is 4.76. The minimum absolute atomic E-state index is 0.0874. The van der Waals surface area contributed by atoms with Crippen LogP contribution in [0.5, 0.6) is 5.75 Å². The SMILES string of the molecule is Cc1ccc(F)cc1OCC1(CS(=O)(=O)Cl)CCCCC1. The molecule has 1 saturated carbocycles. The van der Waals surface area contributed by atoms with Gasteiger partial charge in [-0.25, -0.2) is 12.8 Å². The second-order valence-corrected chi connectivity index (χ2v) is 8.72. The van der Waals surface area contributed by atoms with E-state index in [9.17, 15) is 12.8 Å². The molecular formula is C15H20ClFO3S. The van der Waals surface area contributed by atoms with Crippen molar-refractivity contribution in [1.29, 1.82) is 0 Å². The maximum Gasteiger partial charge on any atom is 0.233 e. The van der Waals surface area contributed by atoms with Gasteiger partial charge in [0.2, 0.25) is 9.05 Å². The van der Waals surface area contributed by atoms with Crippen molar-refractivity contribution in [3.8, 4) is 5.75 Å². The van der Waals surface area contributed by atoms with Crippen LogP contribution in [0.3, 0.4) is 0 Å². The van der Waals surface area contributed by atoms with E-state index in [1.54, 1.807) is 6.07 Å². The Hall–Kier alpha value is -0.810. The lowest BCUT2D eigenvalue weighted by Crippen LogP contribution is -2.37. The molecule has 0 atom stereocenters. The Labute approximate surface area is 129 Å². The van der Waals surface area contributed by atoms with Crippen LogP contribution in [-0.4, -0.2) is 20.8 Å². The highest BCUT2D eigenvalue weighted by molar-refractivity contribution is 8.13. The molecule has 0 radical (unpaired) electrons. The number of hydrogen-bond donors (Lipinski definition) is 0. The van der Waals surface area contributed by atoms with Crippen molar-refractivity contribution in [3.63, 3.8) is 0 Å². The van der Waals surface area contributed by atoms with Crippen molar-refractivity contribution >= 4 is 19.7 Å². The molecule has 0 aliphatic heterocycles. The third-order valence-corrected chi connectivity index (χ3v) is 5.36. The maximum absolute atomic E-state index is 13.3. The summed E-state index contributed by atoms with van der Waals surface area (Å²) >= 11 is 0. The summed E-state index contributed by atoms with van der Waals surface area (Å²) in [6, 6.07) is 4.36. The first-order chi connectivity index (χ1) is 9.80. The normalized spacial score (nSPS) is 18.4. The topological polar surface area (TPSA) is 43.4 Å². The van der Waals surface area contributed by atoms with Crippen LogP contribution in [0.15, 0.2) is 18.2 Å². The zero-order chi connectivity index (χ0) is 15.5. The number of ether oxygens (including phenoxy) is 1. The monoisotopic (exact) mass is 334 g/mol. The molecule has 0 spiro atoms. The summed E-state index contributed by atoms with van der Waals surface area (Å²) in [5.41, 5.74) is 0.369. The molecule has 0 bridgehead atoms. The van der Waals surface area contributed by atoms with Crippen LogP contribution in [0.25, 0.3) is 0 Å². The van der Waals surface area contributed by atoms with Gasteiger partial charge in [-0.1, -0.05) is 25.3 Å². The molecule has 0 heterocycles. The molecule has 1 aromatic carbocycles. The van der Waals surface area contributed by atoms with Gasteiger partial charge in [0, 0.05) is 22.2 Å². The molecule has 21 heavy (non-hydrogen) atoms. The van der Waals surface area contributed by atoms with Crippen molar-refractivity contribution in [2.75, 3.05) is 12.4 Å². The number of benzene rings is 1. The van der Waals surface area contributed by atoms with Crippen molar-refractivity contribution < 1.29 is 17.5 Å². The first-order valence-corrected chi connectivity index (χ1v) is 9.59. The lowest BCUT2D eigenvalue weighted by molar-refractivity contribution is 0.118. The standard InChI is InChI=1S/C15H20ClFO3S/c1-12-5-6-13(17)9-14(12)20-10-15(11-21(16,18)19)7-3-2-4-8-15/h5-6,9H,2-4,7-8,10-11H2,1H3. The molecule has 0 unspecified atom stereocenters.